The number of cyclic esters (lactones) is 1. The SMILES string of the molecule is CCC(C)CCCCC(=O)N[C@H]1C(=O)NC(CCN)C(=O)NC(CC(=O)O)C(=O)NCC(=O)NC(CC(N)=O)C(=O)NC(CC(=O)O)C(=O)NCC(=O)NC(Cc2c[nH]c3ccccc23)C(=O)NC(C(C)CC)C(=O)NC(CCN)C(=O)NC(Cc2ccccc2)C(=O)O[C@@H]1C. The number of aromatic nitrogens is 1. The van der Waals surface area contributed by atoms with Crippen LogP contribution in [0.25, 0.3) is 10.9 Å². The van der Waals surface area contributed by atoms with Gasteiger partial charge in [-0.3, -0.25) is 67.1 Å². The van der Waals surface area contributed by atoms with Crippen LogP contribution in [0.5, 0.6) is 0 Å². The Morgan fingerprint density at radius 2 is 1.07 bits per heavy atom. The standard InChI is InChI=1S/C63H91N15O18/c1-6-33(3)15-11-14-20-48(80)77-54-35(5)96-63(95)46(25-36-16-9-8-10-17-36)76-58(90)41(22-24-65)72-61(93)53(34(4)7-2)78-60(92)42(26-37-30-67-39-19-13-12-18-38(37)39)70-49(81)31-68-56(88)45(29-52(85)86)75-59(91)43(27-47(66)79)71-50(82)32-69-55(87)44(28-51(83)84)74-57(89)40(21-23-64)73-62(54)94/h8-10,12-13,16-19,30,33-35,40-46,53-54,67H,6-7,11,14-15,20-29,31-32,64-65H2,1-5H3,(H2,66,79)(H,68,88)(H,69,87)(H,70,81)(H,71,82)(H,72,93)(H,73,94)(H,74,89)(H,75,91)(H,76,90)(H,77,80)(H,78,92)(H,83,84)(H,85,86)/t33?,34?,35-,40?,41?,42?,43?,44?,45?,46?,53?,54-/m1/s1. The van der Waals surface area contributed by atoms with Crippen LogP contribution < -0.4 is 75.7 Å². The monoisotopic (exact) mass is 1350 g/mol. The number of carboxylic acids is 2. The lowest BCUT2D eigenvalue weighted by atomic mass is 9.96. The van der Waals surface area contributed by atoms with Crippen LogP contribution >= 0.6 is 0 Å². The van der Waals surface area contributed by atoms with E-state index in [2.05, 4.69) is 63.5 Å². The molecule has 0 bridgehead atoms. The van der Waals surface area contributed by atoms with Crippen LogP contribution in [-0.4, -0.2) is 191 Å². The second-order valence-electron chi connectivity index (χ2n) is 23.6. The number of benzene rings is 2. The van der Waals surface area contributed by atoms with Gasteiger partial charge in [0.2, 0.25) is 70.9 Å². The van der Waals surface area contributed by atoms with E-state index in [4.69, 9.17) is 21.9 Å². The highest BCUT2D eigenvalue weighted by Gasteiger charge is 2.39. The Kier molecular flexibility index (Phi) is 32.3. The smallest absolute Gasteiger partial charge is 0.329 e. The molecule has 3 aromatic rings. The second-order valence-corrected chi connectivity index (χ2v) is 23.6. The maximum Gasteiger partial charge on any atom is 0.329 e. The number of aromatic amines is 1. The first kappa shape index (κ1) is 78.4. The van der Waals surface area contributed by atoms with Gasteiger partial charge in [-0.1, -0.05) is 102 Å². The molecule has 12 amide bonds. The van der Waals surface area contributed by atoms with Gasteiger partial charge in [0.1, 0.15) is 60.5 Å². The highest BCUT2D eigenvalue weighted by molar-refractivity contribution is 6.00. The van der Waals surface area contributed by atoms with Crippen molar-refractivity contribution in [2.75, 3.05) is 26.2 Å². The number of rotatable bonds is 23. The van der Waals surface area contributed by atoms with E-state index in [1.807, 2.05) is 13.8 Å². The van der Waals surface area contributed by atoms with Crippen LogP contribution in [0.3, 0.4) is 0 Å². The number of primary amides is 1. The molecule has 0 aliphatic carbocycles. The van der Waals surface area contributed by atoms with E-state index in [0.29, 0.717) is 40.8 Å². The summed E-state index contributed by atoms with van der Waals surface area (Å²) in [6.45, 7) is 6.07. The Bertz CT molecular complexity index is 3240. The molecule has 33 heteroatoms. The number of para-hydroxylation sites is 1. The normalized spacial score (nSPS) is 23.8. The van der Waals surface area contributed by atoms with Crippen molar-refractivity contribution in [1.82, 2.24) is 63.5 Å². The predicted octanol–water partition coefficient (Wildman–Crippen LogP) is -3.33. The van der Waals surface area contributed by atoms with Crippen molar-refractivity contribution in [3.8, 4) is 0 Å². The fourth-order valence-electron chi connectivity index (χ4n) is 10.1. The summed E-state index contributed by atoms with van der Waals surface area (Å²) in [6.07, 6.45) is -1.55. The topological polar surface area (TPSA) is 532 Å². The van der Waals surface area contributed by atoms with E-state index >= 15 is 0 Å². The Labute approximate surface area is 553 Å². The van der Waals surface area contributed by atoms with Gasteiger partial charge in [-0.2, -0.15) is 0 Å². The minimum Gasteiger partial charge on any atom is -0.481 e. The zero-order chi connectivity index (χ0) is 71.2. The highest BCUT2D eigenvalue weighted by atomic mass is 16.5. The van der Waals surface area contributed by atoms with E-state index < -0.39 is 188 Å². The van der Waals surface area contributed by atoms with E-state index in [1.54, 1.807) is 74.6 Å². The number of carboxylic acid groups (broad SMARTS) is 2. The number of carbonyl (C=O) groups excluding carboxylic acids is 13. The van der Waals surface area contributed by atoms with Crippen LogP contribution in [0.1, 0.15) is 116 Å². The van der Waals surface area contributed by atoms with E-state index in [0.717, 1.165) is 12.8 Å². The molecule has 2 aromatic carbocycles. The number of aliphatic carboxylic acids is 2. The summed E-state index contributed by atoms with van der Waals surface area (Å²) in [5.41, 5.74) is 18.9. The summed E-state index contributed by atoms with van der Waals surface area (Å²) in [6, 6.07) is -0.310. The molecule has 0 saturated carbocycles. The van der Waals surface area contributed by atoms with E-state index in [9.17, 15) is 82.1 Å². The number of carbonyl (C=O) groups is 15. The molecule has 2 heterocycles. The Hall–Kier alpha value is -10.1. The lowest BCUT2D eigenvalue weighted by Crippen LogP contribution is -2.61. The molecular weight excluding hydrogens is 1250 g/mol. The van der Waals surface area contributed by atoms with Gasteiger partial charge in [0.05, 0.1) is 32.4 Å². The van der Waals surface area contributed by atoms with Crippen molar-refractivity contribution in [3.05, 3.63) is 71.9 Å². The first-order valence-electron chi connectivity index (χ1n) is 31.7. The van der Waals surface area contributed by atoms with Crippen LogP contribution in [-0.2, 0) is 89.5 Å². The molecule has 0 spiro atoms. The summed E-state index contributed by atoms with van der Waals surface area (Å²) < 4.78 is 5.91. The third-order valence-electron chi connectivity index (χ3n) is 15.9. The van der Waals surface area contributed by atoms with Gasteiger partial charge in [-0.05, 0) is 68.3 Å². The summed E-state index contributed by atoms with van der Waals surface area (Å²) in [5, 5.41) is 46.4. The van der Waals surface area contributed by atoms with Crippen LogP contribution in [0.2, 0.25) is 0 Å². The zero-order valence-electron chi connectivity index (χ0n) is 54.4. The molecule has 12 atom stereocenters. The average Bonchev–Trinajstić information content (AvgIpc) is 1.38. The number of nitrogens with two attached hydrogens (primary N) is 3. The molecule has 20 N–H and O–H groups in total. The molecule has 4 rings (SSSR count). The van der Waals surface area contributed by atoms with Crippen molar-refractivity contribution < 1.29 is 86.9 Å². The number of esters is 1. The molecule has 526 valence electrons. The maximum atomic E-state index is 14.6. The number of H-pyrrole nitrogens is 1. The number of hydrogen-bond donors (Lipinski definition) is 17. The maximum absolute atomic E-state index is 14.6. The van der Waals surface area contributed by atoms with Crippen LogP contribution in [0.4, 0.5) is 0 Å². The van der Waals surface area contributed by atoms with Gasteiger partial charge in [0, 0.05) is 36.4 Å². The second kappa shape index (κ2) is 39.6. The fourth-order valence-corrected chi connectivity index (χ4v) is 10.1. The average molecular weight is 1350 g/mol. The Balaban J connectivity index is 1.84. The first-order valence-corrected chi connectivity index (χ1v) is 31.7. The molecule has 1 aliphatic rings. The van der Waals surface area contributed by atoms with Crippen molar-refractivity contribution in [2.24, 2.45) is 29.0 Å². The number of nitrogens with one attached hydrogen (secondary N) is 12. The van der Waals surface area contributed by atoms with Gasteiger partial charge < -0.3 is 95.6 Å². The Morgan fingerprint density at radius 3 is 1.61 bits per heavy atom. The molecule has 33 nitrogen and oxygen atoms in total. The molecule has 1 saturated heterocycles. The van der Waals surface area contributed by atoms with Crippen LogP contribution in [0, 0.1) is 11.8 Å². The van der Waals surface area contributed by atoms with Crippen molar-refractivity contribution in [3.63, 3.8) is 0 Å². The lowest BCUT2D eigenvalue weighted by Gasteiger charge is -2.30. The minimum absolute atomic E-state index is 0.104. The van der Waals surface area contributed by atoms with E-state index in [-0.39, 0.29) is 51.6 Å². The van der Waals surface area contributed by atoms with Crippen molar-refractivity contribution in [1.29, 1.82) is 0 Å². The number of fused-ring (bicyclic) bond motifs is 1. The van der Waals surface area contributed by atoms with Crippen molar-refractivity contribution in [2.45, 2.75) is 179 Å². The molecular formula is C63H91N15O18. The summed E-state index contributed by atoms with van der Waals surface area (Å²) in [5.74, 6) is -18.1. The van der Waals surface area contributed by atoms with Gasteiger partial charge in [0.25, 0.3) is 0 Å². The zero-order valence-corrected chi connectivity index (χ0v) is 54.4. The summed E-state index contributed by atoms with van der Waals surface area (Å²) in [7, 11) is 0. The van der Waals surface area contributed by atoms with Gasteiger partial charge in [-0.25, -0.2) is 4.79 Å². The summed E-state index contributed by atoms with van der Waals surface area (Å²) >= 11 is 0. The minimum atomic E-state index is -2.03. The number of hydrogen-bond acceptors (Lipinski definition) is 18. The predicted molar refractivity (Wildman–Crippen MR) is 344 cm³/mol. The lowest BCUT2D eigenvalue weighted by molar-refractivity contribution is -0.156. The molecule has 10 unspecified atom stereocenters. The number of unbranched alkanes of at least 4 members (excludes halogenated alkanes) is 1. The van der Waals surface area contributed by atoms with Gasteiger partial charge in [-0.15, -0.1) is 0 Å². The molecule has 1 aromatic heterocycles. The van der Waals surface area contributed by atoms with Gasteiger partial charge >= 0.3 is 17.9 Å². The Morgan fingerprint density at radius 1 is 0.573 bits per heavy atom. The molecule has 0 radical (unpaired) electrons. The molecule has 96 heavy (non-hydrogen) atoms. The molecule has 1 aliphatic heterocycles. The third-order valence-corrected chi connectivity index (χ3v) is 15.9. The fraction of sp³-hybridized carbons (Fsp3) is 0.540. The summed E-state index contributed by atoms with van der Waals surface area (Å²) in [4.78, 5) is 208. The quantitative estimate of drug-likeness (QED) is 0.0326. The third kappa shape index (κ3) is 26.0. The van der Waals surface area contributed by atoms with Gasteiger partial charge in [0.15, 0.2) is 0 Å². The number of ether oxygens (including phenoxy) is 1. The largest absolute Gasteiger partial charge is 0.481 e. The van der Waals surface area contributed by atoms with E-state index in [1.165, 1.54) is 6.92 Å². The first-order chi connectivity index (χ1) is 45.6. The highest BCUT2D eigenvalue weighted by Crippen LogP contribution is 2.21. The van der Waals surface area contributed by atoms with Crippen LogP contribution in [0.15, 0.2) is 60.8 Å². The van der Waals surface area contributed by atoms with Crippen molar-refractivity contribution >= 4 is 99.7 Å². The number of amides is 12. The molecule has 1 fully saturated rings.